The standard InChI is InChI=1S/C16H24FN/c1-13(2)16(10-3-4-12-18-16)11-9-14-5-7-15(17)8-6-14/h5-8,13,18H,3-4,9-12H2,1-2H3. The van der Waals surface area contributed by atoms with Crippen LogP contribution in [-0.2, 0) is 6.42 Å². The van der Waals surface area contributed by atoms with Crippen molar-refractivity contribution in [3.8, 4) is 0 Å². The minimum atomic E-state index is -0.145. The van der Waals surface area contributed by atoms with Gasteiger partial charge in [0.05, 0.1) is 0 Å². The van der Waals surface area contributed by atoms with E-state index in [0.717, 1.165) is 19.4 Å². The number of piperidine rings is 1. The average Bonchev–Trinajstić information content (AvgIpc) is 2.39. The van der Waals surface area contributed by atoms with Gasteiger partial charge in [-0.3, -0.25) is 0 Å². The molecule has 0 spiro atoms. The third-order valence-electron chi connectivity index (χ3n) is 4.40. The van der Waals surface area contributed by atoms with Gasteiger partial charge in [0.15, 0.2) is 0 Å². The molecular formula is C16H24FN. The molecule has 0 aliphatic carbocycles. The van der Waals surface area contributed by atoms with Gasteiger partial charge in [0.1, 0.15) is 5.82 Å². The lowest BCUT2D eigenvalue weighted by atomic mass is 9.75. The van der Waals surface area contributed by atoms with Gasteiger partial charge >= 0.3 is 0 Å². The van der Waals surface area contributed by atoms with Crippen LogP contribution >= 0.6 is 0 Å². The highest BCUT2D eigenvalue weighted by Gasteiger charge is 2.34. The Labute approximate surface area is 110 Å². The van der Waals surface area contributed by atoms with Crippen molar-refractivity contribution in [3.63, 3.8) is 0 Å². The van der Waals surface area contributed by atoms with Gasteiger partial charge in [0.25, 0.3) is 0 Å². The molecule has 100 valence electrons. The van der Waals surface area contributed by atoms with Crippen LogP contribution in [0.2, 0.25) is 0 Å². The van der Waals surface area contributed by atoms with Crippen molar-refractivity contribution < 1.29 is 4.39 Å². The number of halogens is 1. The van der Waals surface area contributed by atoms with Gasteiger partial charge in [0, 0.05) is 5.54 Å². The van der Waals surface area contributed by atoms with E-state index in [-0.39, 0.29) is 11.4 Å². The van der Waals surface area contributed by atoms with E-state index >= 15 is 0 Å². The molecule has 1 aliphatic rings. The predicted molar refractivity (Wildman–Crippen MR) is 74.1 cm³/mol. The van der Waals surface area contributed by atoms with Crippen molar-refractivity contribution in [2.75, 3.05) is 6.54 Å². The van der Waals surface area contributed by atoms with Gasteiger partial charge in [0.2, 0.25) is 0 Å². The molecule has 0 saturated carbocycles. The van der Waals surface area contributed by atoms with E-state index in [0.29, 0.717) is 5.92 Å². The summed E-state index contributed by atoms with van der Waals surface area (Å²) in [6.45, 7) is 5.76. The van der Waals surface area contributed by atoms with Crippen molar-refractivity contribution in [1.82, 2.24) is 5.32 Å². The van der Waals surface area contributed by atoms with Gasteiger partial charge in [-0.05, 0) is 55.8 Å². The fraction of sp³-hybridized carbons (Fsp3) is 0.625. The Kier molecular flexibility index (Phi) is 4.39. The second-order valence-corrected chi connectivity index (χ2v) is 5.82. The van der Waals surface area contributed by atoms with Gasteiger partial charge in [-0.1, -0.05) is 32.4 Å². The van der Waals surface area contributed by atoms with E-state index in [1.165, 1.54) is 24.8 Å². The highest BCUT2D eigenvalue weighted by molar-refractivity contribution is 5.17. The lowest BCUT2D eigenvalue weighted by Crippen LogP contribution is -2.52. The Morgan fingerprint density at radius 1 is 1.22 bits per heavy atom. The summed E-state index contributed by atoms with van der Waals surface area (Å²) in [4.78, 5) is 0. The zero-order valence-corrected chi connectivity index (χ0v) is 11.5. The highest BCUT2D eigenvalue weighted by atomic mass is 19.1. The van der Waals surface area contributed by atoms with Crippen LogP contribution in [0.4, 0.5) is 4.39 Å². The molecule has 1 aromatic carbocycles. The average molecular weight is 249 g/mol. The number of hydrogen-bond donors (Lipinski definition) is 1. The summed E-state index contributed by atoms with van der Waals surface area (Å²) in [6, 6.07) is 6.94. The van der Waals surface area contributed by atoms with Crippen molar-refractivity contribution in [3.05, 3.63) is 35.6 Å². The Morgan fingerprint density at radius 2 is 1.94 bits per heavy atom. The Balaban J connectivity index is 1.99. The van der Waals surface area contributed by atoms with E-state index in [1.807, 2.05) is 12.1 Å². The third-order valence-corrected chi connectivity index (χ3v) is 4.40. The van der Waals surface area contributed by atoms with Crippen LogP contribution in [-0.4, -0.2) is 12.1 Å². The zero-order chi connectivity index (χ0) is 13.0. The quantitative estimate of drug-likeness (QED) is 0.852. The van der Waals surface area contributed by atoms with Crippen LogP contribution in [0.1, 0.15) is 45.1 Å². The summed E-state index contributed by atoms with van der Waals surface area (Å²) in [5.41, 5.74) is 1.52. The zero-order valence-electron chi connectivity index (χ0n) is 11.5. The first-order valence-electron chi connectivity index (χ1n) is 7.12. The number of rotatable bonds is 4. The van der Waals surface area contributed by atoms with Gasteiger partial charge in [-0.2, -0.15) is 0 Å². The Hall–Kier alpha value is -0.890. The van der Waals surface area contributed by atoms with Crippen LogP contribution in [0, 0.1) is 11.7 Å². The molecule has 1 heterocycles. The molecule has 18 heavy (non-hydrogen) atoms. The molecular weight excluding hydrogens is 225 g/mol. The molecule has 0 aromatic heterocycles. The molecule has 0 bridgehead atoms. The molecule has 1 N–H and O–H groups in total. The molecule has 1 saturated heterocycles. The fourth-order valence-corrected chi connectivity index (χ4v) is 3.00. The largest absolute Gasteiger partial charge is 0.311 e. The lowest BCUT2D eigenvalue weighted by molar-refractivity contribution is 0.170. The molecule has 1 atom stereocenters. The van der Waals surface area contributed by atoms with Crippen LogP contribution in [0.5, 0.6) is 0 Å². The number of nitrogens with one attached hydrogen (secondary N) is 1. The van der Waals surface area contributed by atoms with Crippen molar-refractivity contribution in [2.24, 2.45) is 5.92 Å². The van der Waals surface area contributed by atoms with E-state index < -0.39 is 0 Å². The Bertz CT molecular complexity index is 363. The predicted octanol–water partition coefficient (Wildman–Crippen LogP) is 3.93. The summed E-state index contributed by atoms with van der Waals surface area (Å²) < 4.78 is 12.9. The number of hydrogen-bond acceptors (Lipinski definition) is 1. The van der Waals surface area contributed by atoms with Crippen molar-refractivity contribution in [1.29, 1.82) is 0 Å². The summed E-state index contributed by atoms with van der Waals surface area (Å²) in [7, 11) is 0. The summed E-state index contributed by atoms with van der Waals surface area (Å²) >= 11 is 0. The van der Waals surface area contributed by atoms with Gasteiger partial charge in [-0.25, -0.2) is 4.39 Å². The van der Waals surface area contributed by atoms with Gasteiger partial charge < -0.3 is 5.32 Å². The van der Waals surface area contributed by atoms with E-state index in [1.54, 1.807) is 12.1 Å². The third kappa shape index (κ3) is 3.11. The fourth-order valence-electron chi connectivity index (χ4n) is 3.00. The Morgan fingerprint density at radius 3 is 2.50 bits per heavy atom. The summed E-state index contributed by atoms with van der Waals surface area (Å²) in [5, 5.41) is 3.74. The molecule has 1 unspecified atom stereocenters. The topological polar surface area (TPSA) is 12.0 Å². The molecule has 2 heteroatoms. The van der Waals surface area contributed by atoms with Crippen LogP contribution in [0.3, 0.4) is 0 Å². The molecule has 1 nitrogen and oxygen atoms in total. The number of aryl methyl sites for hydroxylation is 1. The maximum Gasteiger partial charge on any atom is 0.123 e. The van der Waals surface area contributed by atoms with Gasteiger partial charge in [-0.15, -0.1) is 0 Å². The van der Waals surface area contributed by atoms with Crippen LogP contribution in [0.15, 0.2) is 24.3 Å². The lowest BCUT2D eigenvalue weighted by Gasteiger charge is -2.42. The maximum atomic E-state index is 12.9. The normalized spacial score (nSPS) is 24.4. The SMILES string of the molecule is CC(C)C1(CCc2ccc(F)cc2)CCCCN1. The second-order valence-electron chi connectivity index (χ2n) is 5.82. The van der Waals surface area contributed by atoms with Crippen molar-refractivity contribution in [2.45, 2.75) is 51.5 Å². The minimum Gasteiger partial charge on any atom is -0.311 e. The highest BCUT2D eigenvalue weighted by Crippen LogP contribution is 2.31. The smallest absolute Gasteiger partial charge is 0.123 e. The van der Waals surface area contributed by atoms with Crippen LogP contribution < -0.4 is 5.32 Å². The monoisotopic (exact) mass is 249 g/mol. The first-order valence-corrected chi connectivity index (χ1v) is 7.12. The van der Waals surface area contributed by atoms with Crippen LogP contribution in [0.25, 0.3) is 0 Å². The second kappa shape index (κ2) is 5.83. The first-order chi connectivity index (χ1) is 8.62. The molecule has 0 amide bonds. The maximum absolute atomic E-state index is 12.9. The molecule has 1 aromatic rings. The summed E-state index contributed by atoms with van der Waals surface area (Å²) in [5.74, 6) is 0.506. The van der Waals surface area contributed by atoms with E-state index in [2.05, 4.69) is 19.2 Å². The molecule has 0 radical (unpaired) electrons. The summed E-state index contributed by atoms with van der Waals surface area (Å²) in [6.07, 6.45) is 6.08. The van der Waals surface area contributed by atoms with E-state index in [9.17, 15) is 4.39 Å². The first kappa shape index (κ1) is 13.5. The molecule has 2 rings (SSSR count). The number of benzene rings is 1. The molecule has 1 aliphatic heterocycles. The minimum absolute atomic E-state index is 0.145. The van der Waals surface area contributed by atoms with Crippen molar-refractivity contribution >= 4 is 0 Å². The van der Waals surface area contributed by atoms with E-state index in [4.69, 9.17) is 0 Å². The molecule has 1 fully saturated rings.